The lowest BCUT2D eigenvalue weighted by Gasteiger charge is -2.34. The molecule has 0 atom stereocenters. The third kappa shape index (κ3) is 14.7. The Morgan fingerprint density at radius 3 is 1.00 bits per heavy atom. The molecule has 0 radical (unpaired) electrons. The second-order valence-corrected chi connectivity index (χ2v) is 24.8. The molecule has 0 amide bonds. The standard InChI is InChI=1S/C23H32N4S.C22H29N3OS.C20H27N3S/c1-4-10-26(11-5-2)18-6-8-22-20(16-18)24-21-17-19(7-9-23(21)28-22)27-14-12-25(3)13-15-27;1-3-9-24(10-4-2)17-5-7-21-19(15-17)23-20-16-18(6-8-22(20)27-21)25-11-13-26-14-12-25;1-5-11-23(12-6-2)16-8-10-20-18(14-16)21-17-13-15(22(3)4)7-9-19(17)24-20/h6-9,16-17,24H,4-5,10-15H2,1-3H3;5-8,15-16,23H,3-4,9-14H2,1-2H3;7-10,13-14,21H,5-6,11-12H2,1-4H3. The molecule has 2 saturated heterocycles. The van der Waals surface area contributed by atoms with Crippen LogP contribution >= 0.6 is 35.3 Å². The summed E-state index contributed by atoms with van der Waals surface area (Å²) in [6.45, 7) is 28.2. The number of benzene rings is 6. The zero-order valence-electron chi connectivity index (χ0n) is 48.8. The van der Waals surface area contributed by atoms with Crippen LogP contribution in [0.3, 0.4) is 0 Å². The van der Waals surface area contributed by atoms with Gasteiger partial charge < -0.3 is 55.0 Å². The number of anilines is 12. The Hall–Kier alpha value is -5.51. The summed E-state index contributed by atoms with van der Waals surface area (Å²) >= 11 is 5.59. The third-order valence-electron chi connectivity index (χ3n) is 15.1. The van der Waals surface area contributed by atoms with Crippen molar-refractivity contribution < 1.29 is 4.74 Å². The van der Waals surface area contributed by atoms with E-state index in [0.717, 1.165) is 91.8 Å². The Morgan fingerprint density at radius 1 is 0.380 bits per heavy atom. The number of morpholine rings is 1. The maximum Gasteiger partial charge on any atom is 0.0642 e. The van der Waals surface area contributed by atoms with E-state index in [9.17, 15) is 0 Å². The molecular formula is C65H88N10OS3. The molecule has 6 aromatic carbocycles. The molecule has 0 aliphatic carbocycles. The van der Waals surface area contributed by atoms with Crippen LogP contribution in [0.5, 0.6) is 0 Å². The molecule has 0 spiro atoms. The van der Waals surface area contributed by atoms with Crippen molar-refractivity contribution in [3.05, 3.63) is 109 Å². The number of piperazine rings is 1. The van der Waals surface area contributed by atoms with Crippen LogP contribution in [0.1, 0.15) is 80.1 Å². The molecule has 11 rings (SSSR count). The smallest absolute Gasteiger partial charge is 0.0642 e. The van der Waals surface area contributed by atoms with Crippen LogP contribution in [0.15, 0.2) is 139 Å². The van der Waals surface area contributed by atoms with Crippen LogP contribution in [0.4, 0.5) is 68.2 Å². The normalized spacial score (nSPS) is 14.8. The van der Waals surface area contributed by atoms with E-state index >= 15 is 0 Å². The zero-order valence-corrected chi connectivity index (χ0v) is 51.2. The summed E-state index contributed by atoms with van der Waals surface area (Å²) in [6, 6.07) is 40.8. The first-order valence-corrected chi connectivity index (χ1v) is 31.9. The van der Waals surface area contributed by atoms with Gasteiger partial charge in [-0.1, -0.05) is 76.8 Å². The third-order valence-corrected chi connectivity index (χ3v) is 18.5. The molecule has 6 aromatic rings. The van der Waals surface area contributed by atoms with Gasteiger partial charge in [-0.05, 0) is 155 Å². The molecule has 0 bridgehead atoms. The van der Waals surface area contributed by atoms with Gasteiger partial charge in [0.25, 0.3) is 0 Å². The Bertz CT molecular complexity index is 2920. The van der Waals surface area contributed by atoms with Gasteiger partial charge in [0.2, 0.25) is 0 Å². The van der Waals surface area contributed by atoms with Gasteiger partial charge in [-0.25, -0.2) is 0 Å². The van der Waals surface area contributed by atoms with E-state index in [0.29, 0.717) is 0 Å². The van der Waals surface area contributed by atoms with Crippen molar-refractivity contribution in [3.63, 3.8) is 0 Å². The molecule has 2 fully saturated rings. The fourth-order valence-electron chi connectivity index (χ4n) is 10.9. The highest BCUT2D eigenvalue weighted by molar-refractivity contribution is 8.00. The molecule has 3 N–H and O–H groups in total. The number of hydrogen-bond donors (Lipinski definition) is 3. The lowest BCUT2D eigenvalue weighted by Crippen LogP contribution is -2.44. The van der Waals surface area contributed by atoms with Crippen LogP contribution in [0, 0.1) is 0 Å². The molecule has 5 heterocycles. The van der Waals surface area contributed by atoms with E-state index in [-0.39, 0.29) is 0 Å². The van der Waals surface area contributed by atoms with Crippen molar-refractivity contribution in [2.45, 2.75) is 109 Å². The predicted molar refractivity (Wildman–Crippen MR) is 346 cm³/mol. The average Bonchev–Trinajstić information content (AvgIpc) is 3.47. The highest BCUT2D eigenvalue weighted by atomic mass is 32.2. The molecule has 0 aromatic heterocycles. The largest absolute Gasteiger partial charge is 0.378 e. The quantitative estimate of drug-likeness (QED) is 0.0764. The van der Waals surface area contributed by atoms with E-state index in [1.807, 2.05) is 35.3 Å². The Labute approximate surface area is 487 Å². The van der Waals surface area contributed by atoms with E-state index in [1.54, 1.807) is 0 Å². The van der Waals surface area contributed by atoms with Crippen molar-refractivity contribution in [2.24, 2.45) is 0 Å². The summed E-state index contributed by atoms with van der Waals surface area (Å²) < 4.78 is 5.49. The predicted octanol–water partition coefficient (Wildman–Crippen LogP) is 16.2. The molecule has 5 aliphatic rings. The summed E-state index contributed by atoms with van der Waals surface area (Å²) in [7, 11) is 6.37. The van der Waals surface area contributed by atoms with Gasteiger partial charge in [0, 0.05) is 156 Å². The minimum absolute atomic E-state index is 0.816. The maximum absolute atomic E-state index is 5.49. The molecule has 11 nitrogen and oxygen atoms in total. The summed E-state index contributed by atoms with van der Waals surface area (Å²) in [4.78, 5) is 24.8. The minimum atomic E-state index is 0.816. The van der Waals surface area contributed by atoms with Crippen LogP contribution in [0.25, 0.3) is 0 Å². The summed E-state index contributed by atoms with van der Waals surface area (Å²) in [5.74, 6) is 0. The monoisotopic (exact) mass is 1120 g/mol. The lowest BCUT2D eigenvalue weighted by atomic mass is 10.2. The molecule has 0 saturated carbocycles. The van der Waals surface area contributed by atoms with E-state index < -0.39 is 0 Å². The van der Waals surface area contributed by atoms with Crippen LogP contribution in [-0.2, 0) is 4.74 Å². The van der Waals surface area contributed by atoms with Crippen LogP contribution < -0.4 is 45.3 Å². The topological polar surface area (TPSA) is 68.0 Å². The Kier molecular flexibility index (Phi) is 20.8. The van der Waals surface area contributed by atoms with Crippen molar-refractivity contribution in [3.8, 4) is 0 Å². The van der Waals surface area contributed by atoms with Gasteiger partial charge in [-0.3, -0.25) is 0 Å². The van der Waals surface area contributed by atoms with E-state index in [4.69, 9.17) is 4.74 Å². The number of likely N-dealkylation sites (N-methyl/N-ethyl adjacent to an activating group) is 1. The second kappa shape index (κ2) is 28.3. The number of hydrogen-bond acceptors (Lipinski definition) is 14. The van der Waals surface area contributed by atoms with Gasteiger partial charge in [0.1, 0.15) is 0 Å². The van der Waals surface area contributed by atoms with Crippen LogP contribution in [-0.4, -0.2) is 118 Å². The van der Waals surface area contributed by atoms with Crippen molar-refractivity contribution in [1.29, 1.82) is 0 Å². The number of ether oxygens (including phenoxy) is 1. The van der Waals surface area contributed by atoms with Crippen molar-refractivity contribution in [1.82, 2.24) is 4.90 Å². The SMILES string of the molecule is CCCN(CCC)c1ccc2c(c1)Nc1cc(N(C)C)ccc1S2.CCCN(CCC)c1ccc2c(c1)Nc1cc(N3CCN(C)CC3)ccc1S2.CCCN(CCC)c1ccc2c(c1)Nc1cc(N3CCOCC3)ccc1S2. The number of nitrogens with zero attached hydrogens (tertiary/aromatic N) is 7. The summed E-state index contributed by atoms with van der Waals surface area (Å²) in [5.41, 5.74) is 15.1. The van der Waals surface area contributed by atoms with E-state index in [2.05, 4.69) is 222 Å². The number of nitrogens with one attached hydrogen (secondary N) is 3. The van der Waals surface area contributed by atoms with Crippen molar-refractivity contribution in [2.75, 3.05) is 158 Å². The number of rotatable bonds is 18. The summed E-state index contributed by atoms with van der Waals surface area (Å²) in [5, 5.41) is 11.1. The lowest BCUT2D eigenvalue weighted by molar-refractivity contribution is 0.122. The van der Waals surface area contributed by atoms with Gasteiger partial charge >= 0.3 is 0 Å². The number of fused-ring (bicyclic) bond motifs is 6. The molecule has 5 aliphatic heterocycles. The molecule has 79 heavy (non-hydrogen) atoms. The fraction of sp³-hybridized carbons (Fsp3) is 0.446. The first-order chi connectivity index (χ1) is 38.6. The minimum Gasteiger partial charge on any atom is -0.378 e. The van der Waals surface area contributed by atoms with Gasteiger partial charge in [-0.15, -0.1) is 0 Å². The molecular weight excluding hydrogens is 1030 g/mol. The fourth-order valence-corrected chi connectivity index (χ4v) is 13.7. The Morgan fingerprint density at radius 2 is 0.671 bits per heavy atom. The van der Waals surface area contributed by atoms with Gasteiger partial charge in [0.15, 0.2) is 0 Å². The first-order valence-electron chi connectivity index (χ1n) is 29.5. The van der Waals surface area contributed by atoms with Crippen molar-refractivity contribution >= 4 is 104 Å². The van der Waals surface area contributed by atoms with Crippen LogP contribution in [0.2, 0.25) is 0 Å². The van der Waals surface area contributed by atoms with E-state index in [1.165, 1.54) is 136 Å². The summed E-state index contributed by atoms with van der Waals surface area (Å²) in [6.07, 6.45) is 7.05. The zero-order chi connectivity index (χ0) is 55.3. The highest BCUT2D eigenvalue weighted by Crippen LogP contribution is 2.49. The first kappa shape index (κ1) is 58.2. The molecule has 0 unspecified atom stereocenters. The highest BCUT2D eigenvalue weighted by Gasteiger charge is 2.23. The average molecular weight is 1120 g/mol. The maximum atomic E-state index is 5.49. The second-order valence-electron chi connectivity index (χ2n) is 21.5. The van der Waals surface area contributed by atoms with Gasteiger partial charge in [0.05, 0.1) is 47.3 Å². The Balaban J connectivity index is 0.000000144. The molecule has 14 heteroatoms. The van der Waals surface area contributed by atoms with Gasteiger partial charge in [-0.2, -0.15) is 0 Å². The molecule has 422 valence electrons.